The molecule has 9 nitrogen and oxygen atoms in total. The summed E-state index contributed by atoms with van der Waals surface area (Å²) in [5.74, 6) is 1.25. The molecule has 0 saturated carbocycles. The molecule has 1 aromatic rings. The maximum atomic E-state index is 6.93. The summed E-state index contributed by atoms with van der Waals surface area (Å²) in [5, 5.41) is 0. The lowest BCUT2D eigenvalue weighted by molar-refractivity contribution is -0.372. The molecule has 0 fully saturated rings. The molecule has 19 heteroatoms. The van der Waals surface area contributed by atoms with E-state index in [0.29, 0.717) is 130 Å². The minimum Gasteiger partial charge on any atom is -0.553 e. The molecule has 1 rings (SSSR count). The largest absolute Gasteiger partial charge is 0.553 e. The van der Waals surface area contributed by atoms with Gasteiger partial charge in [0.15, 0.2) is 23.0 Å². The van der Waals surface area contributed by atoms with E-state index < -0.39 is 26.5 Å². The molecular formula is C31H74O9Si10. The molecule has 1 unspecified atom stereocenters. The molecule has 0 amide bonds. The Labute approximate surface area is 334 Å². The third kappa shape index (κ3) is 8.15. The number of hydrogen-bond donors (Lipinski definition) is 0. The van der Waals surface area contributed by atoms with Crippen LogP contribution >= 0.6 is 0 Å². The monoisotopic (exact) mass is 870 g/mol. The lowest BCUT2D eigenvalue weighted by atomic mass is 9.43. The molecule has 0 aromatic heterocycles. The van der Waals surface area contributed by atoms with Gasteiger partial charge < -0.3 is 39.8 Å². The van der Waals surface area contributed by atoms with Crippen LogP contribution in [-0.2, 0) is 28.6 Å². The van der Waals surface area contributed by atoms with Gasteiger partial charge >= 0.3 is 0 Å². The van der Waals surface area contributed by atoms with E-state index in [1.807, 2.05) is 0 Å². The average molecular weight is 872 g/mol. The highest BCUT2D eigenvalue weighted by Gasteiger charge is 2.70. The van der Waals surface area contributed by atoms with Crippen molar-refractivity contribution >= 4 is 110 Å². The van der Waals surface area contributed by atoms with Crippen LogP contribution in [0.2, 0.25) is 6.04 Å². The standard InChI is InChI=1S/C31H74O9Si10/c1-12-14-15-18(3)26(4,5)27(6,7)28(8,9)29(10,11)31(39-48,40-49)30(37-46,38-47)16-19-21(20(32-41)17-50-13-2)23(34-43)25(36-45)24(35-44)22(19)33-42/h17-18H,12-16,50H2,1-11,41-49H3/b20-17+. The van der Waals surface area contributed by atoms with E-state index in [-0.39, 0.29) is 16.2 Å². The number of benzene rings is 1. The number of unbranched alkanes of at least 4 members (excludes halogenated alkanes) is 1. The zero-order chi connectivity index (χ0) is 38.9. The van der Waals surface area contributed by atoms with E-state index in [2.05, 4.69) is 81.9 Å². The Kier molecular flexibility index (Phi) is 18.7. The highest BCUT2D eigenvalue weighted by Crippen LogP contribution is 2.67. The molecule has 0 aliphatic heterocycles. The second kappa shape index (κ2) is 19.5. The summed E-state index contributed by atoms with van der Waals surface area (Å²) < 4.78 is 58.8. The Morgan fingerprint density at radius 1 is 0.660 bits per heavy atom. The Morgan fingerprint density at radius 3 is 1.52 bits per heavy atom. The molecule has 0 aliphatic carbocycles. The first kappa shape index (κ1) is 48.0. The average Bonchev–Trinajstić information content (AvgIpc) is 3.09. The highest BCUT2D eigenvalue weighted by molar-refractivity contribution is 6.43. The van der Waals surface area contributed by atoms with Crippen LogP contribution < -0.4 is 17.7 Å². The van der Waals surface area contributed by atoms with Gasteiger partial charge in [0, 0.05) is 26.9 Å². The van der Waals surface area contributed by atoms with Crippen molar-refractivity contribution in [1.29, 1.82) is 0 Å². The van der Waals surface area contributed by atoms with E-state index in [0.717, 1.165) is 22.9 Å². The van der Waals surface area contributed by atoms with Crippen molar-refractivity contribution in [3.8, 4) is 23.0 Å². The molecule has 0 radical (unpaired) electrons. The Morgan fingerprint density at radius 2 is 1.14 bits per heavy atom. The molecule has 0 heterocycles. The Balaban J connectivity index is 4.45. The van der Waals surface area contributed by atoms with Gasteiger partial charge in [0.25, 0.3) is 0 Å². The van der Waals surface area contributed by atoms with Gasteiger partial charge in [0.05, 0.1) is 5.56 Å². The van der Waals surface area contributed by atoms with Crippen molar-refractivity contribution in [2.24, 2.45) is 27.6 Å². The summed E-state index contributed by atoms with van der Waals surface area (Å²) in [7, 11) is 3.37. The fraction of sp³-hybridized carbons (Fsp3) is 0.742. The van der Waals surface area contributed by atoms with Crippen LogP contribution in [0.15, 0.2) is 5.70 Å². The quantitative estimate of drug-likeness (QED) is 0.0636. The van der Waals surface area contributed by atoms with E-state index in [4.69, 9.17) is 39.8 Å². The normalized spacial score (nSPS) is 17.1. The third-order valence-corrected chi connectivity index (χ3v) is 19.0. The van der Waals surface area contributed by atoms with Crippen LogP contribution in [0.5, 0.6) is 23.0 Å². The molecule has 1 atom stereocenters. The molecule has 50 heavy (non-hydrogen) atoms. The summed E-state index contributed by atoms with van der Waals surface area (Å²) in [6.07, 6.45) is 3.91. The topological polar surface area (TPSA) is 83.1 Å². The summed E-state index contributed by atoms with van der Waals surface area (Å²) in [6.45, 7) is 26.1. The molecule has 1 aromatic carbocycles. The van der Waals surface area contributed by atoms with Crippen LogP contribution in [0.3, 0.4) is 0 Å². The van der Waals surface area contributed by atoms with E-state index in [1.54, 1.807) is 0 Å². The maximum Gasteiger partial charge on any atom is 0.207 e. The zero-order valence-corrected chi connectivity index (χ0v) is 55.0. The summed E-state index contributed by atoms with van der Waals surface area (Å²) in [6, 6.07) is 1.12. The summed E-state index contributed by atoms with van der Waals surface area (Å²) >= 11 is 0. The fourth-order valence-electron chi connectivity index (χ4n) is 8.19. The predicted octanol–water partition coefficient (Wildman–Crippen LogP) is -3.42. The van der Waals surface area contributed by atoms with Crippen molar-refractivity contribution in [2.75, 3.05) is 0 Å². The van der Waals surface area contributed by atoms with Gasteiger partial charge in [-0.25, -0.2) is 0 Å². The SMILES string of the molecule is CCCCC(C)C(C)(C)C(C)(C)C(C)(C)C(C)(C)C(O[SiH3])(O[SiH3])C(Cc1c(O[SiH3])c(O[SiH3])c(O[SiH3])c(O[SiH3])c1/C(=C\[SiH2]CC)O[SiH3])(O[SiH3])O[SiH3]. The molecular weight excluding hydrogens is 797 g/mol. The summed E-state index contributed by atoms with van der Waals surface area (Å²) in [5.41, 5.74) is 2.88. The van der Waals surface area contributed by atoms with Crippen molar-refractivity contribution in [1.82, 2.24) is 0 Å². The van der Waals surface area contributed by atoms with Crippen molar-refractivity contribution in [3.63, 3.8) is 0 Å². The van der Waals surface area contributed by atoms with E-state index in [9.17, 15) is 0 Å². The fourth-order valence-corrected chi connectivity index (χ4v) is 15.2. The molecule has 0 bridgehead atoms. The second-order valence-corrected chi connectivity index (χ2v) is 21.2. The highest BCUT2D eigenvalue weighted by atomic mass is 28.2. The first-order chi connectivity index (χ1) is 23.3. The smallest absolute Gasteiger partial charge is 0.207 e. The summed E-state index contributed by atoms with van der Waals surface area (Å²) in [4.78, 5) is 0. The third-order valence-electron chi connectivity index (χ3n) is 13.2. The van der Waals surface area contributed by atoms with Gasteiger partial charge in [-0.05, 0) is 22.2 Å². The minimum absolute atomic E-state index is 0.00261. The van der Waals surface area contributed by atoms with Gasteiger partial charge in [0.2, 0.25) is 64.0 Å². The first-order valence-electron chi connectivity index (χ1n) is 18.1. The number of rotatable bonds is 23. The van der Waals surface area contributed by atoms with E-state index >= 15 is 0 Å². The van der Waals surface area contributed by atoms with Crippen molar-refractivity contribution in [3.05, 3.63) is 16.8 Å². The predicted molar refractivity (Wildman–Crippen MR) is 244 cm³/mol. The minimum atomic E-state index is -1.29. The van der Waals surface area contributed by atoms with Gasteiger partial charge in [-0.2, -0.15) is 0 Å². The van der Waals surface area contributed by atoms with Crippen LogP contribution in [0.1, 0.15) is 107 Å². The zero-order valence-electron chi connectivity index (χ0n) is 35.6. The first-order valence-corrected chi connectivity index (χ1v) is 27.3. The van der Waals surface area contributed by atoms with E-state index in [1.165, 1.54) is 19.3 Å². The van der Waals surface area contributed by atoms with Crippen LogP contribution in [0.25, 0.3) is 5.76 Å². The lowest BCUT2D eigenvalue weighted by Crippen LogP contribution is -2.73. The molecule has 0 saturated heterocycles. The van der Waals surface area contributed by atoms with Crippen molar-refractivity contribution < 1.29 is 39.8 Å². The van der Waals surface area contributed by atoms with Crippen molar-refractivity contribution in [2.45, 2.75) is 119 Å². The van der Waals surface area contributed by atoms with Crippen LogP contribution in [0.4, 0.5) is 0 Å². The van der Waals surface area contributed by atoms with Gasteiger partial charge in [-0.1, -0.05) is 107 Å². The maximum absolute atomic E-state index is 6.93. The second-order valence-electron chi connectivity index (χ2n) is 15.6. The van der Waals surface area contributed by atoms with Crippen LogP contribution in [-0.4, -0.2) is 115 Å². The Bertz CT molecular complexity index is 1270. The Hall–Kier alpha value is -0.0312. The van der Waals surface area contributed by atoms with Crippen LogP contribution in [0, 0.1) is 27.6 Å². The van der Waals surface area contributed by atoms with Gasteiger partial charge in [-0.3, -0.25) is 0 Å². The molecule has 292 valence electrons. The van der Waals surface area contributed by atoms with Gasteiger partial charge in [0.1, 0.15) is 47.7 Å². The number of hydrogen-bond acceptors (Lipinski definition) is 9. The molecule has 0 spiro atoms. The van der Waals surface area contributed by atoms with Gasteiger partial charge in [-0.15, -0.1) is 0 Å². The molecule has 0 aliphatic rings. The lowest BCUT2D eigenvalue weighted by Gasteiger charge is -2.66. The molecule has 0 N–H and O–H groups in total.